The van der Waals surface area contributed by atoms with Crippen molar-refractivity contribution in [3.05, 3.63) is 54.1 Å². The molecule has 0 bridgehead atoms. The fourth-order valence-electron chi connectivity index (χ4n) is 3.35. The van der Waals surface area contributed by atoms with E-state index in [0.717, 1.165) is 16.9 Å². The molecule has 5 nitrogen and oxygen atoms in total. The van der Waals surface area contributed by atoms with Crippen molar-refractivity contribution in [2.75, 3.05) is 13.7 Å². The van der Waals surface area contributed by atoms with Crippen LogP contribution in [0.3, 0.4) is 0 Å². The molecule has 3 rings (SSSR count). The van der Waals surface area contributed by atoms with Gasteiger partial charge in [0.25, 0.3) is 5.91 Å². The van der Waals surface area contributed by atoms with Crippen LogP contribution in [-0.2, 0) is 4.79 Å². The molecule has 5 heteroatoms. The Morgan fingerprint density at radius 3 is 2.44 bits per heavy atom. The molecule has 1 aliphatic rings. The van der Waals surface area contributed by atoms with Gasteiger partial charge in [0, 0.05) is 17.7 Å². The Hall–Kier alpha value is -2.82. The number of carbonyl (C=O) groups excluding carboxylic acids is 1. The highest BCUT2D eigenvalue weighted by molar-refractivity contribution is 5.97. The topological polar surface area (TPSA) is 66.8 Å². The van der Waals surface area contributed by atoms with Gasteiger partial charge in [-0.1, -0.05) is 37.3 Å². The lowest BCUT2D eigenvalue weighted by atomic mass is 10.0. The molecule has 1 saturated heterocycles. The molecule has 0 radical (unpaired) electrons. The van der Waals surface area contributed by atoms with E-state index in [-0.39, 0.29) is 11.8 Å². The van der Waals surface area contributed by atoms with E-state index in [2.05, 4.69) is 0 Å². The largest absolute Gasteiger partial charge is 0.496 e. The van der Waals surface area contributed by atoms with E-state index < -0.39 is 12.0 Å². The number of rotatable bonds is 4. The minimum Gasteiger partial charge on any atom is -0.496 e. The molecule has 0 spiro atoms. The lowest BCUT2D eigenvalue weighted by molar-refractivity contribution is -0.141. The van der Waals surface area contributed by atoms with Crippen LogP contribution in [0, 0.1) is 5.92 Å². The van der Waals surface area contributed by atoms with Crippen LogP contribution in [0.4, 0.5) is 0 Å². The van der Waals surface area contributed by atoms with Crippen molar-refractivity contribution in [1.29, 1.82) is 0 Å². The van der Waals surface area contributed by atoms with Crippen molar-refractivity contribution in [3.8, 4) is 16.9 Å². The molecule has 1 aliphatic heterocycles. The van der Waals surface area contributed by atoms with Gasteiger partial charge < -0.3 is 14.7 Å². The van der Waals surface area contributed by atoms with Crippen LogP contribution in [-0.4, -0.2) is 41.6 Å². The standard InChI is InChI=1S/C20H21NO4/c1-13-11-17(20(23)24)21(12-13)19(22)15-9-7-14(8-10-15)16-5-3-4-6-18(16)25-2/h3-10,13,17H,11-12H2,1-2H3,(H,23,24). The van der Waals surface area contributed by atoms with Gasteiger partial charge in [-0.15, -0.1) is 0 Å². The van der Waals surface area contributed by atoms with Crippen molar-refractivity contribution >= 4 is 11.9 Å². The lowest BCUT2D eigenvalue weighted by Gasteiger charge is -2.21. The summed E-state index contributed by atoms with van der Waals surface area (Å²) >= 11 is 0. The Morgan fingerprint density at radius 2 is 1.80 bits per heavy atom. The van der Waals surface area contributed by atoms with Crippen molar-refractivity contribution < 1.29 is 19.4 Å². The first-order chi connectivity index (χ1) is 12.0. The van der Waals surface area contributed by atoms with E-state index in [1.54, 1.807) is 19.2 Å². The molecule has 1 N–H and O–H groups in total. The Labute approximate surface area is 146 Å². The number of aliphatic carboxylic acids is 1. The van der Waals surface area contributed by atoms with E-state index in [4.69, 9.17) is 4.74 Å². The molecule has 0 aromatic heterocycles. The summed E-state index contributed by atoms with van der Waals surface area (Å²) in [6.45, 7) is 2.44. The predicted octanol–water partition coefficient (Wildman–Crippen LogP) is 3.30. The Kier molecular flexibility index (Phi) is 4.74. The summed E-state index contributed by atoms with van der Waals surface area (Å²) < 4.78 is 5.37. The fourth-order valence-corrected chi connectivity index (χ4v) is 3.35. The number of amides is 1. The lowest BCUT2D eigenvalue weighted by Crippen LogP contribution is -2.40. The van der Waals surface area contributed by atoms with Crippen molar-refractivity contribution in [2.45, 2.75) is 19.4 Å². The van der Waals surface area contributed by atoms with Crippen LogP contribution < -0.4 is 4.74 Å². The molecule has 130 valence electrons. The maximum absolute atomic E-state index is 12.7. The number of hydrogen-bond donors (Lipinski definition) is 1. The highest BCUT2D eigenvalue weighted by atomic mass is 16.5. The normalized spacial score (nSPS) is 19.7. The summed E-state index contributed by atoms with van der Waals surface area (Å²) in [6, 6.07) is 14.1. The number of methoxy groups -OCH3 is 1. The second-order valence-corrected chi connectivity index (χ2v) is 6.43. The van der Waals surface area contributed by atoms with Crippen LogP contribution in [0.1, 0.15) is 23.7 Å². The van der Waals surface area contributed by atoms with Crippen LogP contribution in [0.15, 0.2) is 48.5 Å². The summed E-state index contributed by atoms with van der Waals surface area (Å²) in [5, 5.41) is 9.34. The molecule has 2 aromatic rings. The van der Waals surface area contributed by atoms with Crippen LogP contribution in [0.2, 0.25) is 0 Å². The summed E-state index contributed by atoms with van der Waals surface area (Å²) in [7, 11) is 1.62. The van der Waals surface area contributed by atoms with Crippen LogP contribution >= 0.6 is 0 Å². The molecule has 2 atom stereocenters. The summed E-state index contributed by atoms with van der Waals surface area (Å²) in [6.07, 6.45) is 0.500. The third kappa shape index (κ3) is 3.36. The first kappa shape index (κ1) is 17.0. The monoisotopic (exact) mass is 339 g/mol. The number of para-hydroxylation sites is 1. The highest BCUT2D eigenvalue weighted by Gasteiger charge is 2.38. The minimum absolute atomic E-state index is 0.193. The third-order valence-corrected chi connectivity index (χ3v) is 4.61. The summed E-state index contributed by atoms with van der Waals surface area (Å²) in [5.74, 6) is -0.217. The zero-order chi connectivity index (χ0) is 18.0. The number of carboxylic acids is 1. The average molecular weight is 339 g/mol. The average Bonchev–Trinajstić information content (AvgIpc) is 3.03. The summed E-state index contributed by atoms with van der Waals surface area (Å²) in [4.78, 5) is 25.6. The summed E-state index contributed by atoms with van der Waals surface area (Å²) in [5.41, 5.74) is 2.39. The number of ether oxygens (including phenoxy) is 1. The quantitative estimate of drug-likeness (QED) is 0.928. The van der Waals surface area contributed by atoms with Gasteiger partial charge in [0.1, 0.15) is 11.8 Å². The van der Waals surface area contributed by atoms with Gasteiger partial charge in [0.15, 0.2) is 0 Å². The van der Waals surface area contributed by atoms with Gasteiger partial charge in [-0.2, -0.15) is 0 Å². The SMILES string of the molecule is COc1ccccc1-c1ccc(C(=O)N2CC(C)CC2C(=O)O)cc1. The fraction of sp³-hybridized carbons (Fsp3) is 0.300. The molecular formula is C20H21NO4. The molecule has 0 aliphatic carbocycles. The minimum atomic E-state index is -0.941. The molecule has 1 amide bonds. The van der Waals surface area contributed by atoms with E-state index in [9.17, 15) is 14.7 Å². The van der Waals surface area contributed by atoms with Gasteiger partial charge in [0.2, 0.25) is 0 Å². The van der Waals surface area contributed by atoms with Gasteiger partial charge in [0.05, 0.1) is 7.11 Å². The highest BCUT2D eigenvalue weighted by Crippen LogP contribution is 2.30. The van der Waals surface area contributed by atoms with E-state index >= 15 is 0 Å². The molecule has 1 fully saturated rings. The smallest absolute Gasteiger partial charge is 0.326 e. The van der Waals surface area contributed by atoms with Gasteiger partial charge in [-0.25, -0.2) is 4.79 Å². The number of carbonyl (C=O) groups is 2. The Balaban J connectivity index is 1.85. The second kappa shape index (κ2) is 6.97. The molecule has 1 heterocycles. The molecular weight excluding hydrogens is 318 g/mol. The Bertz CT molecular complexity index is 785. The van der Waals surface area contributed by atoms with Crippen LogP contribution in [0.5, 0.6) is 5.75 Å². The number of likely N-dealkylation sites (tertiary alicyclic amines) is 1. The third-order valence-electron chi connectivity index (χ3n) is 4.61. The van der Waals surface area contributed by atoms with E-state index in [1.165, 1.54) is 4.90 Å². The van der Waals surface area contributed by atoms with Gasteiger partial charge in [-0.3, -0.25) is 4.79 Å². The van der Waals surface area contributed by atoms with Crippen molar-refractivity contribution in [2.24, 2.45) is 5.92 Å². The van der Waals surface area contributed by atoms with Gasteiger partial charge in [-0.05, 0) is 36.1 Å². The van der Waals surface area contributed by atoms with E-state index in [0.29, 0.717) is 18.5 Å². The maximum Gasteiger partial charge on any atom is 0.326 e. The predicted molar refractivity (Wildman–Crippen MR) is 94.7 cm³/mol. The number of hydrogen-bond acceptors (Lipinski definition) is 3. The van der Waals surface area contributed by atoms with Gasteiger partial charge >= 0.3 is 5.97 Å². The second-order valence-electron chi connectivity index (χ2n) is 6.43. The Morgan fingerprint density at radius 1 is 1.12 bits per heavy atom. The number of benzene rings is 2. The first-order valence-electron chi connectivity index (χ1n) is 8.28. The van der Waals surface area contributed by atoms with Crippen LogP contribution in [0.25, 0.3) is 11.1 Å². The molecule has 2 unspecified atom stereocenters. The van der Waals surface area contributed by atoms with Crippen molar-refractivity contribution in [1.82, 2.24) is 4.90 Å². The zero-order valence-corrected chi connectivity index (χ0v) is 14.3. The number of carboxylic acid groups (broad SMARTS) is 1. The molecule has 25 heavy (non-hydrogen) atoms. The van der Waals surface area contributed by atoms with Crippen molar-refractivity contribution in [3.63, 3.8) is 0 Å². The maximum atomic E-state index is 12.7. The first-order valence-corrected chi connectivity index (χ1v) is 8.28. The van der Waals surface area contributed by atoms with E-state index in [1.807, 2.05) is 43.3 Å². The molecule has 2 aromatic carbocycles. The molecule has 0 saturated carbocycles. The zero-order valence-electron chi connectivity index (χ0n) is 14.3. The number of nitrogens with zero attached hydrogens (tertiary/aromatic N) is 1.